The highest BCUT2D eigenvalue weighted by atomic mass is 32.2. The Balaban J connectivity index is 1.84. The molecule has 5 nitrogen and oxygen atoms in total. The van der Waals surface area contributed by atoms with E-state index in [1.54, 1.807) is 43.4 Å². The first-order valence-corrected chi connectivity index (χ1v) is 10.7. The van der Waals surface area contributed by atoms with E-state index in [1.807, 2.05) is 22.9 Å². The highest BCUT2D eigenvalue weighted by molar-refractivity contribution is 7.90. The van der Waals surface area contributed by atoms with Crippen molar-refractivity contribution in [1.82, 2.24) is 4.98 Å². The number of pyridine rings is 1. The topological polar surface area (TPSA) is 76.1 Å². The Morgan fingerprint density at radius 1 is 1.12 bits per heavy atom. The SMILES string of the molecule is Cc1cc(S(C)(=O)=O)ccc1NC(=O)c1ccc(-c2ccsc2)nc1C. The summed E-state index contributed by atoms with van der Waals surface area (Å²) in [4.78, 5) is 17.3. The van der Waals surface area contributed by atoms with E-state index in [0.717, 1.165) is 17.5 Å². The Labute approximate surface area is 156 Å². The molecule has 1 N–H and O–H groups in total. The van der Waals surface area contributed by atoms with Crippen LogP contribution in [0, 0.1) is 13.8 Å². The van der Waals surface area contributed by atoms with Crippen molar-refractivity contribution in [2.75, 3.05) is 11.6 Å². The number of carbonyl (C=O) groups excluding carboxylic acids is 1. The van der Waals surface area contributed by atoms with Crippen LogP contribution in [0.5, 0.6) is 0 Å². The van der Waals surface area contributed by atoms with Crippen LogP contribution in [0.3, 0.4) is 0 Å². The Hall–Kier alpha value is -2.51. The molecule has 26 heavy (non-hydrogen) atoms. The minimum Gasteiger partial charge on any atom is -0.322 e. The van der Waals surface area contributed by atoms with Crippen LogP contribution in [0.25, 0.3) is 11.3 Å². The third-order valence-corrected chi connectivity index (χ3v) is 5.82. The maximum Gasteiger partial charge on any atom is 0.257 e. The molecule has 2 heterocycles. The predicted molar refractivity (Wildman–Crippen MR) is 105 cm³/mol. The number of hydrogen-bond donors (Lipinski definition) is 1. The fourth-order valence-electron chi connectivity index (χ4n) is 2.57. The number of sulfone groups is 1. The molecule has 1 amide bonds. The van der Waals surface area contributed by atoms with Gasteiger partial charge in [-0.15, -0.1) is 0 Å². The third kappa shape index (κ3) is 3.84. The molecule has 0 radical (unpaired) electrons. The molecule has 3 rings (SSSR count). The molecule has 3 aromatic rings. The Bertz CT molecular complexity index is 1070. The molecule has 0 saturated carbocycles. The van der Waals surface area contributed by atoms with Crippen molar-refractivity contribution >= 4 is 32.8 Å². The zero-order chi connectivity index (χ0) is 18.9. The number of aryl methyl sites for hydroxylation is 2. The van der Waals surface area contributed by atoms with Gasteiger partial charge in [-0.05, 0) is 61.2 Å². The lowest BCUT2D eigenvalue weighted by molar-refractivity contribution is 0.102. The molecule has 0 spiro atoms. The van der Waals surface area contributed by atoms with E-state index in [-0.39, 0.29) is 10.8 Å². The minimum absolute atomic E-state index is 0.228. The molecule has 0 aliphatic carbocycles. The first kappa shape index (κ1) is 18.3. The summed E-state index contributed by atoms with van der Waals surface area (Å²) in [5, 5.41) is 6.82. The van der Waals surface area contributed by atoms with Crippen LogP contribution in [-0.4, -0.2) is 25.6 Å². The second kappa shape index (κ2) is 7.01. The van der Waals surface area contributed by atoms with Crippen LogP contribution in [0.1, 0.15) is 21.6 Å². The highest BCUT2D eigenvalue weighted by Gasteiger charge is 2.14. The predicted octanol–water partition coefficient (Wildman–Crippen LogP) is 4.08. The quantitative estimate of drug-likeness (QED) is 0.733. The molecule has 134 valence electrons. The average Bonchev–Trinajstić information content (AvgIpc) is 3.10. The number of carbonyl (C=O) groups is 1. The van der Waals surface area contributed by atoms with Crippen molar-refractivity contribution in [2.24, 2.45) is 0 Å². The standard InChI is InChI=1S/C19H18N2O3S2/c1-12-10-15(26(3,23)24)4-6-17(12)21-19(22)16-5-7-18(20-13(16)2)14-8-9-25-11-14/h4-11H,1-3H3,(H,21,22). The fraction of sp³-hybridized carbons (Fsp3) is 0.158. The molecular weight excluding hydrogens is 368 g/mol. The van der Waals surface area contributed by atoms with Gasteiger partial charge in [0, 0.05) is 22.9 Å². The largest absolute Gasteiger partial charge is 0.322 e. The van der Waals surface area contributed by atoms with Crippen LogP contribution < -0.4 is 5.32 Å². The van der Waals surface area contributed by atoms with Crippen LogP contribution in [0.4, 0.5) is 5.69 Å². The summed E-state index contributed by atoms with van der Waals surface area (Å²) in [5.41, 5.74) is 4.23. The molecule has 0 atom stereocenters. The van der Waals surface area contributed by atoms with Crippen molar-refractivity contribution in [3.05, 3.63) is 64.0 Å². The van der Waals surface area contributed by atoms with Gasteiger partial charge in [-0.1, -0.05) is 0 Å². The number of nitrogens with zero attached hydrogens (tertiary/aromatic N) is 1. The molecule has 1 aromatic carbocycles. The van der Waals surface area contributed by atoms with Crippen LogP contribution >= 0.6 is 11.3 Å². The molecule has 0 bridgehead atoms. The number of hydrogen-bond acceptors (Lipinski definition) is 5. The van der Waals surface area contributed by atoms with Gasteiger partial charge in [0.1, 0.15) is 0 Å². The number of nitrogens with one attached hydrogen (secondary N) is 1. The van der Waals surface area contributed by atoms with E-state index in [0.29, 0.717) is 22.5 Å². The molecule has 2 aromatic heterocycles. The lowest BCUT2D eigenvalue weighted by atomic mass is 10.1. The monoisotopic (exact) mass is 386 g/mol. The van der Waals surface area contributed by atoms with Gasteiger partial charge >= 0.3 is 0 Å². The summed E-state index contributed by atoms with van der Waals surface area (Å²) < 4.78 is 23.2. The van der Waals surface area contributed by atoms with Crippen molar-refractivity contribution in [3.63, 3.8) is 0 Å². The lowest BCUT2D eigenvalue weighted by Crippen LogP contribution is -2.15. The fourth-order valence-corrected chi connectivity index (χ4v) is 3.92. The molecule has 0 aliphatic heterocycles. The number of aromatic nitrogens is 1. The van der Waals surface area contributed by atoms with Crippen LogP contribution in [0.2, 0.25) is 0 Å². The summed E-state index contributed by atoms with van der Waals surface area (Å²) in [6.07, 6.45) is 1.16. The zero-order valence-electron chi connectivity index (χ0n) is 14.6. The summed E-state index contributed by atoms with van der Waals surface area (Å²) in [5.74, 6) is -0.276. The molecule has 0 fully saturated rings. The Morgan fingerprint density at radius 2 is 1.88 bits per heavy atom. The summed E-state index contributed by atoms with van der Waals surface area (Å²) in [6.45, 7) is 3.56. The number of rotatable bonds is 4. The van der Waals surface area contributed by atoms with E-state index >= 15 is 0 Å². The summed E-state index contributed by atoms with van der Waals surface area (Å²) >= 11 is 1.59. The van der Waals surface area contributed by atoms with Gasteiger partial charge in [-0.3, -0.25) is 9.78 Å². The first-order valence-electron chi connectivity index (χ1n) is 7.88. The van der Waals surface area contributed by atoms with Crippen molar-refractivity contribution < 1.29 is 13.2 Å². The van der Waals surface area contributed by atoms with Gasteiger partial charge in [0.25, 0.3) is 5.91 Å². The third-order valence-electron chi connectivity index (χ3n) is 4.02. The van der Waals surface area contributed by atoms with Gasteiger partial charge < -0.3 is 5.32 Å². The molecule has 0 unspecified atom stereocenters. The van der Waals surface area contributed by atoms with E-state index in [4.69, 9.17) is 0 Å². The molecule has 7 heteroatoms. The molecule has 0 aliphatic rings. The number of benzene rings is 1. The number of amides is 1. The Morgan fingerprint density at radius 3 is 2.46 bits per heavy atom. The maximum atomic E-state index is 12.6. The molecule has 0 saturated heterocycles. The highest BCUT2D eigenvalue weighted by Crippen LogP contribution is 2.23. The van der Waals surface area contributed by atoms with Gasteiger partial charge in [-0.2, -0.15) is 11.3 Å². The maximum absolute atomic E-state index is 12.6. The second-order valence-corrected chi connectivity index (χ2v) is 8.84. The van der Waals surface area contributed by atoms with E-state index in [2.05, 4.69) is 10.3 Å². The van der Waals surface area contributed by atoms with Gasteiger partial charge in [0.15, 0.2) is 9.84 Å². The van der Waals surface area contributed by atoms with Crippen LogP contribution in [-0.2, 0) is 9.84 Å². The minimum atomic E-state index is -3.28. The van der Waals surface area contributed by atoms with Gasteiger partial charge in [-0.25, -0.2) is 8.42 Å². The van der Waals surface area contributed by atoms with Gasteiger partial charge in [0.2, 0.25) is 0 Å². The normalized spacial score (nSPS) is 11.3. The van der Waals surface area contributed by atoms with Crippen molar-refractivity contribution in [1.29, 1.82) is 0 Å². The van der Waals surface area contributed by atoms with Gasteiger partial charge in [0.05, 0.1) is 21.8 Å². The van der Waals surface area contributed by atoms with E-state index in [9.17, 15) is 13.2 Å². The van der Waals surface area contributed by atoms with Crippen LogP contribution in [0.15, 0.2) is 52.1 Å². The molecular formula is C19H18N2O3S2. The first-order chi connectivity index (χ1) is 12.3. The van der Waals surface area contributed by atoms with E-state index in [1.165, 1.54) is 6.07 Å². The Kier molecular flexibility index (Phi) is 4.93. The average molecular weight is 386 g/mol. The number of anilines is 1. The lowest BCUT2D eigenvalue weighted by Gasteiger charge is -2.11. The summed E-state index contributed by atoms with van der Waals surface area (Å²) in [7, 11) is -3.28. The zero-order valence-corrected chi connectivity index (χ0v) is 16.2. The second-order valence-electron chi connectivity index (χ2n) is 6.04. The van der Waals surface area contributed by atoms with Crippen molar-refractivity contribution in [2.45, 2.75) is 18.7 Å². The smallest absolute Gasteiger partial charge is 0.257 e. The van der Waals surface area contributed by atoms with Crippen molar-refractivity contribution in [3.8, 4) is 11.3 Å². The summed E-state index contributed by atoms with van der Waals surface area (Å²) in [6, 6.07) is 10.2. The number of thiophene rings is 1. The van der Waals surface area contributed by atoms with E-state index < -0.39 is 9.84 Å².